The third-order valence-electron chi connectivity index (χ3n) is 5.77. The Morgan fingerprint density at radius 3 is 2.75 bits per heavy atom. The smallest absolute Gasteiger partial charge is 0.322 e. The number of hydrogen-bond acceptors (Lipinski definition) is 7. The van der Waals surface area contributed by atoms with Crippen LogP contribution in [0.5, 0.6) is 5.75 Å². The molecule has 10 heteroatoms. The summed E-state index contributed by atoms with van der Waals surface area (Å²) >= 11 is 0. The van der Waals surface area contributed by atoms with Gasteiger partial charge in [-0.1, -0.05) is 6.07 Å². The number of aromatic nitrogens is 1. The number of nitrogens with zero attached hydrogens (tertiary/aromatic N) is 2. The maximum Gasteiger partial charge on any atom is 0.322 e. The van der Waals surface area contributed by atoms with Crippen molar-refractivity contribution in [3.8, 4) is 5.75 Å². The lowest BCUT2D eigenvalue weighted by Gasteiger charge is -2.29. The molecule has 3 aromatic rings. The lowest BCUT2D eigenvalue weighted by atomic mass is 9.95. The number of carbonyl (C=O) groups excluding carboxylic acids is 4. The van der Waals surface area contributed by atoms with Crippen LogP contribution in [-0.2, 0) is 16.9 Å². The third-order valence-corrected chi connectivity index (χ3v) is 5.77. The van der Waals surface area contributed by atoms with Crippen molar-refractivity contribution in [2.24, 2.45) is 0 Å². The molecule has 0 saturated carbocycles. The van der Waals surface area contributed by atoms with Gasteiger partial charge in [-0.15, -0.1) is 0 Å². The molecule has 2 aliphatic heterocycles. The number of nitrogens with one attached hydrogen (secondary N) is 2. The molecule has 0 bridgehead atoms. The Balaban J connectivity index is 1.57. The summed E-state index contributed by atoms with van der Waals surface area (Å²) in [4.78, 5) is 55.7. The number of furan rings is 1. The number of amides is 4. The Morgan fingerprint density at radius 2 is 2.06 bits per heavy atom. The Morgan fingerprint density at radius 1 is 1.25 bits per heavy atom. The van der Waals surface area contributed by atoms with Crippen molar-refractivity contribution in [3.05, 3.63) is 59.1 Å². The van der Waals surface area contributed by atoms with Crippen molar-refractivity contribution in [2.75, 3.05) is 13.7 Å². The van der Waals surface area contributed by atoms with Gasteiger partial charge in [0.15, 0.2) is 11.3 Å². The van der Waals surface area contributed by atoms with E-state index in [9.17, 15) is 19.2 Å². The Labute approximate surface area is 181 Å². The highest BCUT2D eigenvalue weighted by atomic mass is 16.5. The standard InChI is InChI=1S/C22H18N4O6/c1-11(27)18-15-8-17(32-16(15)5-6-23-18)22(20(29)24-21(30)25-22)10-26-9-12-3-4-13(31-2)7-14(12)19(26)28/h3-8H,9-10H2,1-2H3,(H2,24,25,29,30)/t22-/m0/s1. The van der Waals surface area contributed by atoms with Gasteiger partial charge in [-0.2, -0.15) is 0 Å². The van der Waals surface area contributed by atoms with E-state index >= 15 is 0 Å². The van der Waals surface area contributed by atoms with Gasteiger partial charge in [0.2, 0.25) is 0 Å². The Hall–Kier alpha value is -4.21. The maximum absolute atomic E-state index is 13.1. The minimum atomic E-state index is -1.66. The Kier molecular flexibility index (Phi) is 4.26. The molecular formula is C22H18N4O6. The van der Waals surface area contributed by atoms with Crippen LogP contribution < -0.4 is 15.4 Å². The molecule has 2 aromatic heterocycles. The SMILES string of the molecule is COc1ccc2c(c1)C(=O)N(C[C@@]1(c3cc4c(C(C)=O)nccc4o3)NC(=O)NC1=O)C2. The molecule has 1 fully saturated rings. The number of benzene rings is 1. The second-order valence-corrected chi connectivity index (χ2v) is 7.74. The number of imide groups is 1. The van der Waals surface area contributed by atoms with Crippen LogP contribution >= 0.6 is 0 Å². The van der Waals surface area contributed by atoms with Crippen LogP contribution in [0.15, 0.2) is 40.9 Å². The zero-order valence-corrected chi connectivity index (χ0v) is 17.2. The van der Waals surface area contributed by atoms with Crippen LogP contribution in [0.2, 0.25) is 0 Å². The van der Waals surface area contributed by atoms with Crippen LogP contribution in [0.4, 0.5) is 4.79 Å². The summed E-state index contributed by atoms with van der Waals surface area (Å²) < 4.78 is 11.1. The molecule has 32 heavy (non-hydrogen) atoms. The molecule has 2 aliphatic rings. The topological polar surface area (TPSA) is 131 Å². The summed E-state index contributed by atoms with van der Waals surface area (Å²) in [5, 5.41) is 5.27. The van der Waals surface area contributed by atoms with Crippen molar-refractivity contribution in [2.45, 2.75) is 19.0 Å². The minimum absolute atomic E-state index is 0.104. The molecule has 1 atom stereocenters. The van der Waals surface area contributed by atoms with Crippen molar-refractivity contribution in [1.82, 2.24) is 20.5 Å². The largest absolute Gasteiger partial charge is 0.497 e. The summed E-state index contributed by atoms with van der Waals surface area (Å²) in [6.07, 6.45) is 1.43. The van der Waals surface area contributed by atoms with Crippen molar-refractivity contribution in [1.29, 1.82) is 0 Å². The second kappa shape index (κ2) is 6.91. The molecular weight excluding hydrogens is 416 g/mol. The number of hydrogen-bond donors (Lipinski definition) is 2. The van der Waals surface area contributed by atoms with Gasteiger partial charge >= 0.3 is 6.03 Å². The molecule has 0 unspecified atom stereocenters. The molecule has 1 saturated heterocycles. The zero-order valence-electron chi connectivity index (χ0n) is 17.2. The van der Waals surface area contributed by atoms with Crippen LogP contribution in [0, 0.1) is 0 Å². The molecule has 2 N–H and O–H groups in total. The number of pyridine rings is 1. The van der Waals surface area contributed by atoms with Crippen LogP contribution in [0.25, 0.3) is 11.0 Å². The van der Waals surface area contributed by atoms with E-state index in [0.717, 1.165) is 5.56 Å². The van der Waals surface area contributed by atoms with Gasteiger partial charge in [0.1, 0.15) is 22.8 Å². The number of Topliss-reactive ketones (excluding diaryl/α,β-unsaturated/α-hetero) is 1. The summed E-state index contributed by atoms with van der Waals surface area (Å²) in [6.45, 7) is 1.47. The molecule has 10 nitrogen and oxygen atoms in total. The fraction of sp³-hybridized carbons (Fsp3) is 0.227. The van der Waals surface area contributed by atoms with Crippen molar-refractivity contribution in [3.63, 3.8) is 0 Å². The quantitative estimate of drug-likeness (QED) is 0.462. The van der Waals surface area contributed by atoms with Gasteiger partial charge in [-0.3, -0.25) is 24.7 Å². The van der Waals surface area contributed by atoms with Crippen LogP contribution in [-0.4, -0.2) is 47.2 Å². The van der Waals surface area contributed by atoms with E-state index in [1.807, 2.05) is 0 Å². The fourth-order valence-electron chi connectivity index (χ4n) is 4.19. The Bertz CT molecular complexity index is 1330. The van der Waals surface area contributed by atoms with Crippen LogP contribution in [0.1, 0.15) is 39.1 Å². The molecule has 4 amide bonds. The van der Waals surface area contributed by atoms with Crippen molar-refractivity contribution < 1.29 is 28.3 Å². The first-order valence-electron chi connectivity index (χ1n) is 9.82. The number of methoxy groups -OCH3 is 1. The first-order valence-corrected chi connectivity index (χ1v) is 9.82. The van der Waals surface area contributed by atoms with E-state index in [0.29, 0.717) is 22.3 Å². The van der Waals surface area contributed by atoms with Crippen LogP contribution in [0.3, 0.4) is 0 Å². The third kappa shape index (κ3) is 2.83. The molecule has 162 valence electrons. The van der Waals surface area contributed by atoms with E-state index in [4.69, 9.17) is 9.15 Å². The molecule has 5 rings (SSSR count). The highest BCUT2D eigenvalue weighted by molar-refractivity contribution is 6.09. The molecule has 1 aromatic carbocycles. The number of ketones is 1. The first-order chi connectivity index (χ1) is 15.3. The summed E-state index contributed by atoms with van der Waals surface area (Å²) in [5.74, 6) is -0.569. The minimum Gasteiger partial charge on any atom is -0.497 e. The maximum atomic E-state index is 13.1. The second-order valence-electron chi connectivity index (χ2n) is 7.74. The average Bonchev–Trinajstić information content (AvgIpc) is 3.42. The lowest BCUT2D eigenvalue weighted by molar-refractivity contribution is -0.125. The first kappa shape index (κ1) is 19.7. The number of rotatable bonds is 5. The number of urea groups is 1. The monoisotopic (exact) mass is 434 g/mol. The van der Waals surface area contributed by atoms with E-state index in [1.54, 1.807) is 24.3 Å². The highest BCUT2D eigenvalue weighted by Gasteiger charge is 2.53. The fourth-order valence-corrected chi connectivity index (χ4v) is 4.19. The van der Waals surface area contributed by atoms with Gasteiger partial charge in [0.05, 0.1) is 19.0 Å². The van der Waals surface area contributed by atoms with E-state index in [-0.39, 0.29) is 36.2 Å². The van der Waals surface area contributed by atoms with E-state index in [1.165, 1.54) is 31.2 Å². The number of carbonyl (C=O) groups is 4. The van der Waals surface area contributed by atoms with Gasteiger partial charge in [0, 0.05) is 25.2 Å². The molecule has 4 heterocycles. The van der Waals surface area contributed by atoms with Crippen molar-refractivity contribution >= 4 is 34.6 Å². The molecule has 0 radical (unpaired) electrons. The molecule has 0 spiro atoms. The van der Waals surface area contributed by atoms with Gasteiger partial charge in [-0.05, 0) is 29.8 Å². The lowest BCUT2D eigenvalue weighted by Crippen LogP contribution is -2.52. The van der Waals surface area contributed by atoms with E-state index < -0.39 is 17.5 Å². The average molecular weight is 434 g/mol. The van der Waals surface area contributed by atoms with Gasteiger partial charge in [-0.25, -0.2) is 4.79 Å². The normalized spacial score (nSPS) is 19.8. The summed E-state index contributed by atoms with van der Waals surface area (Å²) in [7, 11) is 1.51. The summed E-state index contributed by atoms with van der Waals surface area (Å²) in [6, 6.07) is 7.57. The zero-order chi connectivity index (χ0) is 22.6. The van der Waals surface area contributed by atoms with E-state index in [2.05, 4.69) is 15.6 Å². The number of ether oxygens (including phenoxy) is 1. The predicted molar refractivity (Wildman–Crippen MR) is 110 cm³/mol. The van der Waals surface area contributed by atoms with Gasteiger partial charge in [0.25, 0.3) is 11.8 Å². The number of fused-ring (bicyclic) bond motifs is 2. The van der Waals surface area contributed by atoms with Gasteiger partial charge < -0.3 is 19.4 Å². The highest BCUT2D eigenvalue weighted by Crippen LogP contribution is 2.35. The predicted octanol–water partition coefficient (Wildman–Crippen LogP) is 1.73. The summed E-state index contributed by atoms with van der Waals surface area (Å²) in [5.41, 5.74) is 0.120. The molecule has 0 aliphatic carbocycles.